The summed E-state index contributed by atoms with van der Waals surface area (Å²) in [6, 6.07) is 8.66. The van der Waals surface area contributed by atoms with E-state index in [1.807, 2.05) is 0 Å². The summed E-state index contributed by atoms with van der Waals surface area (Å²) in [5.41, 5.74) is 1.81. The van der Waals surface area contributed by atoms with E-state index in [9.17, 15) is 9.90 Å². The monoisotopic (exact) mass is 416 g/mol. The van der Waals surface area contributed by atoms with Crippen LogP contribution < -0.4 is 4.74 Å². The molecule has 0 radical (unpaired) electrons. The summed E-state index contributed by atoms with van der Waals surface area (Å²) >= 11 is 0. The van der Waals surface area contributed by atoms with Crippen LogP contribution in [0.3, 0.4) is 0 Å². The van der Waals surface area contributed by atoms with E-state index >= 15 is 0 Å². The highest BCUT2D eigenvalue weighted by Gasteiger charge is 2.25. The Balaban J connectivity index is 1.71. The second-order valence-corrected chi connectivity index (χ2v) is 8.86. The highest BCUT2D eigenvalue weighted by atomic mass is 16.5. The minimum Gasteiger partial charge on any atom is -0.494 e. The van der Waals surface area contributed by atoms with Gasteiger partial charge in [0, 0.05) is 18.1 Å². The Bertz CT molecular complexity index is 629. The topological polar surface area (TPSA) is 55.8 Å². The lowest BCUT2D eigenvalue weighted by molar-refractivity contribution is -0.140. The number of unbranched alkanes of at least 4 members (excludes halogenated alkanes) is 3. The molecule has 1 aliphatic rings. The molecular weight excluding hydrogens is 376 g/mol. The van der Waals surface area contributed by atoms with Crippen LogP contribution in [-0.2, 0) is 9.53 Å². The van der Waals surface area contributed by atoms with Crippen molar-refractivity contribution in [2.24, 2.45) is 11.8 Å². The van der Waals surface area contributed by atoms with Crippen molar-refractivity contribution < 1.29 is 19.4 Å². The fourth-order valence-corrected chi connectivity index (χ4v) is 4.27. The molecule has 0 aromatic heterocycles. The van der Waals surface area contributed by atoms with Crippen LogP contribution in [0.1, 0.15) is 83.1 Å². The third-order valence-electron chi connectivity index (χ3n) is 6.19. The van der Waals surface area contributed by atoms with Crippen molar-refractivity contribution >= 4 is 5.97 Å². The zero-order valence-electron chi connectivity index (χ0n) is 18.9. The summed E-state index contributed by atoms with van der Waals surface area (Å²) in [5, 5.41) is 9.64. The fourth-order valence-electron chi connectivity index (χ4n) is 4.27. The Hall–Kier alpha value is -1.81. The molecule has 168 valence electrons. The molecule has 30 heavy (non-hydrogen) atoms. The second kappa shape index (κ2) is 13.5. The van der Waals surface area contributed by atoms with Crippen molar-refractivity contribution in [2.75, 3.05) is 19.8 Å². The first kappa shape index (κ1) is 24.5. The summed E-state index contributed by atoms with van der Waals surface area (Å²) in [6.45, 7) is 8.60. The quantitative estimate of drug-likeness (QED) is 0.242. The third kappa shape index (κ3) is 8.51. The Morgan fingerprint density at radius 1 is 1.13 bits per heavy atom. The Labute approximate surface area is 182 Å². The zero-order valence-corrected chi connectivity index (χ0v) is 18.9. The van der Waals surface area contributed by atoms with Gasteiger partial charge in [0.2, 0.25) is 0 Å². The van der Waals surface area contributed by atoms with E-state index < -0.39 is 0 Å². The van der Waals surface area contributed by atoms with Crippen molar-refractivity contribution in [1.82, 2.24) is 0 Å². The number of hydrogen-bond donors (Lipinski definition) is 1. The number of rotatable bonds is 13. The van der Waals surface area contributed by atoms with Crippen LogP contribution in [-0.4, -0.2) is 30.9 Å². The Morgan fingerprint density at radius 2 is 1.83 bits per heavy atom. The lowest BCUT2D eigenvalue weighted by Gasteiger charge is -2.30. The van der Waals surface area contributed by atoms with Crippen molar-refractivity contribution in [1.29, 1.82) is 0 Å². The van der Waals surface area contributed by atoms with Crippen molar-refractivity contribution in [3.63, 3.8) is 0 Å². The van der Waals surface area contributed by atoms with Gasteiger partial charge in [-0.3, -0.25) is 0 Å². The number of aliphatic hydroxyl groups is 1. The predicted octanol–water partition coefficient (Wildman–Crippen LogP) is 6.04. The molecule has 1 aromatic rings. The lowest BCUT2D eigenvalue weighted by Crippen LogP contribution is -2.23. The predicted molar refractivity (Wildman–Crippen MR) is 122 cm³/mol. The van der Waals surface area contributed by atoms with E-state index in [2.05, 4.69) is 37.8 Å². The van der Waals surface area contributed by atoms with Gasteiger partial charge in [-0.1, -0.05) is 44.9 Å². The highest BCUT2D eigenvalue weighted by Crippen LogP contribution is 2.38. The maximum Gasteiger partial charge on any atom is 0.333 e. The number of benzene rings is 1. The van der Waals surface area contributed by atoms with Crippen LogP contribution in [0.25, 0.3) is 0 Å². The largest absolute Gasteiger partial charge is 0.494 e. The molecule has 0 heterocycles. The van der Waals surface area contributed by atoms with E-state index in [-0.39, 0.29) is 25.1 Å². The molecular formula is C26H40O4. The van der Waals surface area contributed by atoms with Gasteiger partial charge in [-0.15, -0.1) is 0 Å². The van der Waals surface area contributed by atoms with Gasteiger partial charge in [-0.2, -0.15) is 0 Å². The van der Waals surface area contributed by atoms with E-state index in [0.29, 0.717) is 17.4 Å². The summed E-state index contributed by atoms with van der Waals surface area (Å²) < 4.78 is 11.1. The van der Waals surface area contributed by atoms with Crippen LogP contribution in [0.4, 0.5) is 0 Å². The van der Waals surface area contributed by atoms with Gasteiger partial charge in [-0.05, 0) is 75.0 Å². The molecule has 4 heteroatoms. The lowest BCUT2D eigenvalue weighted by atomic mass is 9.76. The molecule has 1 unspecified atom stereocenters. The number of hydrogen-bond acceptors (Lipinski definition) is 4. The molecule has 0 amide bonds. The summed E-state index contributed by atoms with van der Waals surface area (Å²) in [6.07, 6.45) is 10.5. The number of carbonyl (C=O) groups excluding carboxylic acids is 1. The average Bonchev–Trinajstić information content (AvgIpc) is 2.77. The van der Waals surface area contributed by atoms with Crippen LogP contribution in [0.15, 0.2) is 36.4 Å². The Kier molecular flexibility index (Phi) is 11.0. The molecule has 1 saturated carbocycles. The van der Waals surface area contributed by atoms with Gasteiger partial charge in [0.25, 0.3) is 0 Å². The van der Waals surface area contributed by atoms with E-state index in [0.717, 1.165) is 38.0 Å². The second-order valence-electron chi connectivity index (χ2n) is 8.86. The van der Waals surface area contributed by atoms with E-state index in [4.69, 9.17) is 9.47 Å². The Morgan fingerprint density at radius 3 is 2.43 bits per heavy atom. The molecule has 0 aliphatic heterocycles. The van der Waals surface area contributed by atoms with Gasteiger partial charge in [-0.25, -0.2) is 4.79 Å². The minimum absolute atomic E-state index is 0.0172. The van der Waals surface area contributed by atoms with Gasteiger partial charge in [0.05, 0.1) is 13.2 Å². The van der Waals surface area contributed by atoms with Gasteiger partial charge < -0.3 is 14.6 Å². The number of carbonyl (C=O) groups is 1. The molecule has 1 aliphatic carbocycles. The first-order valence-electron chi connectivity index (χ1n) is 11.7. The summed E-state index contributed by atoms with van der Waals surface area (Å²) in [5.74, 6) is 1.81. The normalized spacial score (nSPS) is 19.8. The maximum atomic E-state index is 11.6. The van der Waals surface area contributed by atoms with E-state index in [1.54, 1.807) is 6.92 Å². The number of esters is 1. The van der Waals surface area contributed by atoms with Crippen LogP contribution >= 0.6 is 0 Å². The fraction of sp³-hybridized carbons (Fsp3) is 0.654. The van der Waals surface area contributed by atoms with Gasteiger partial charge in [0.15, 0.2) is 0 Å². The molecule has 1 N–H and O–H groups in total. The molecule has 1 fully saturated rings. The van der Waals surface area contributed by atoms with Gasteiger partial charge >= 0.3 is 5.97 Å². The van der Waals surface area contributed by atoms with Crippen LogP contribution in [0.5, 0.6) is 5.75 Å². The van der Waals surface area contributed by atoms with Crippen molar-refractivity contribution in [3.05, 3.63) is 42.0 Å². The van der Waals surface area contributed by atoms with E-state index in [1.165, 1.54) is 37.7 Å². The summed E-state index contributed by atoms with van der Waals surface area (Å²) in [4.78, 5) is 11.6. The average molecular weight is 417 g/mol. The van der Waals surface area contributed by atoms with Crippen LogP contribution in [0, 0.1) is 11.8 Å². The SMILES string of the molecule is C=C(C)C(=O)OCC(CO)CC1CCC(c2ccc(OCCCCCC)cc2)CC1. The third-order valence-corrected chi connectivity index (χ3v) is 6.19. The van der Waals surface area contributed by atoms with Crippen molar-refractivity contribution in [3.8, 4) is 5.75 Å². The van der Waals surface area contributed by atoms with Crippen LogP contribution in [0.2, 0.25) is 0 Å². The summed E-state index contributed by atoms with van der Waals surface area (Å²) in [7, 11) is 0. The number of ether oxygens (including phenoxy) is 2. The standard InChI is InChI=1S/C26H40O4/c1-4-5-6-7-16-29-25-14-12-24(13-15-25)23-10-8-21(9-11-23)17-22(18-27)19-30-26(28)20(2)3/h12-15,21-23,27H,2,4-11,16-19H2,1,3H3. The molecule has 2 rings (SSSR count). The first-order valence-corrected chi connectivity index (χ1v) is 11.7. The van der Waals surface area contributed by atoms with Crippen molar-refractivity contribution in [2.45, 2.75) is 77.6 Å². The molecule has 0 spiro atoms. The molecule has 1 atom stereocenters. The minimum atomic E-state index is -0.370. The zero-order chi connectivity index (χ0) is 21.8. The first-order chi connectivity index (χ1) is 14.5. The highest BCUT2D eigenvalue weighted by molar-refractivity contribution is 5.86. The number of aliphatic hydroxyl groups excluding tert-OH is 1. The smallest absolute Gasteiger partial charge is 0.333 e. The molecule has 0 bridgehead atoms. The molecule has 4 nitrogen and oxygen atoms in total. The molecule has 0 saturated heterocycles. The molecule has 1 aromatic carbocycles. The maximum absolute atomic E-state index is 11.6. The van der Waals surface area contributed by atoms with Gasteiger partial charge in [0.1, 0.15) is 5.75 Å².